The van der Waals surface area contributed by atoms with Gasteiger partial charge in [0.1, 0.15) is 5.75 Å². The van der Waals surface area contributed by atoms with Gasteiger partial charge in [-0.3, -0.25) is 4.99 Å². The van der Waals surface area contributed by atoms with Gasteiger partial charge < -0.3 is 19.9 Å². The van der Waals surface area contributed by atoms with Gasteiger partial charge in [-0.05, 0) is 36.2 Å². The summed E-state index contributed by atoms with van der Waals surface area (Å²) in [5.74, 6) is 2.60. The largest absolute Gasteiger partial charge is 0.497 e. The molecule has 0 atom stereocenters. The zero-order valence-electron chi connectivity index (χ0n) is 17.0. The SMILES string of the molecule is CN=C(NCc1ccn(-c2ccc(OC)cc2)n1)NCc1cc(C(C)C)no1.I. The minimum absolute atomic E-state index is 0. The van der Waals surface area contributed by atoms with Gasteiger partial charge in [0.05, 0.1) is 37.3 Å². The van der Waals surface area contributed by atoms with E-state index in [1.807, 2.05) is 47.3 Å². The maximum Gasteiger partial charge on any atom is 0.191 e. The minimum Gasteiger partial charge on any atom is -0.497 e. The van der Waals surface area contributed by atoms with Crippen LogP contribution in [0.15, 0.2) is 52.1 Å². The number of methoxy groups -OCH3 is 1. The fraction of sp³-hybridized carbons (Fsp3) is 0.350. The maximum atomic E-state index is 5.33. The Labute approximate surface area is 187 Å². The second-order valence-corrected chi connectivity index (χ2v) is 6.60. The number of ether oxygens (including phenoxy) is 1. The van der Waals surface area contributed by atoms with Gasteiger partial charge in [-0.25, -0.2) is 4.68 Å². The van der Waals surface area contributed by atoms with E-state index in [1.54, 1.807) is 14.2 Å². The summed E-state index contributed by atoms with van der Waals surface area (Å²) in [4.78, 5) is 4.23. The zero-order chi connectivity index (χ0) is 19.9. The monoisotopic (exact) mass is 510 g/mol. The molecular weight excluding hydrogens is 483 g/mol. The van der Waals surface area contributed by atoms with Crippen LogP contribution in [0.3, 0.4) is 0 Å². The lowest BCUT2D eigenvalue weighted by Crippen LogP contribution is -2.36. The third-order valence-electron chi connectivity index (χ3n) is 4.24. The number of rotatable bonds is 7. The second kappa shape index (κ2) is 10.8. The van der Waals surface area contributed by atoms with Gasteiger partial charge in [0.2, 0.25) is 0 Å². The number of hydrogen-bond donors (Lipinski definition) is 2. The molecular formula is C20H27IN6O2. The number of guanidine groups is 1. The van der Waals surface area contributed by atoms with E-state index in [-0.39, 0.29) is 24.0 Å². The molecule has 2 aromatic heterocycles. The predicted octanol–water partition coefficient (Wildman–Crippen LogP) is 3.48. The molecule has 0 aliphatic carbocycles. The van der Waals surface area contributed by atoms with Crippen molar-refractivity contribution in [3.8, 4) is 11.4 Å². The van der Waals surface area contributed by atoms with E-state index < -0.39 is 0 Å². The topological polar surface area (TPSA) is 89.5 Å². The molecule has 3 rings (SSSR count). The lowest BCUT2D eigenvalue weighted by atomic mass is 10.1. The van der Waals surface area contributed by atoms with Crippen molar-refractivity contribution in [2.45, 2.75) is 32.9 Å². The van der Waals surface area contributed by atoms with Crippen molar-refractivity contribution in [3.63, 3.8) is 0 Å². The average molecular weight is 510 g/mol. The molecule has 0 amide bonds. The van der Waals surface area contributed by atoms with Gasteiger partial charge in [0, 0.05) is 19.3 Å². The molecule has 8 nitrogen and oxygen atoms in total. The molecule has 156 valence electrons. The normalized spacial score (nSPS) is 11.3. The van der Waals surface area contributed by atoms with Crippen LogP contribution in [-0.2, 0) is 13.1 Å². The van der Waals surface area contributed by atoms with Crippen LogP contribution in [0.4, 0.5) is 0 Å². The molecule has 0 fully saturated rings. The van der Waals surface area contributed by atoms with E-state index in [1.165, 1.54) is 0 Å². The van der Waals surface area contributed by atoms with E-state index in [0.29, 0.717) is 25.0 Å². The van der Waals surface area contributed by atoms with Crippen molar-refractivity contribution in [1.82, 2.24) is 25.6 Å². The second-order valence-electron chi connectivity index (χ2n) is 6.60. The standard InChI is InChI=1S/C20H26N6O2.HI/c1-14(2)19-11-18(28-25-19)13-23-20(21-3)22-12-15-9-10-26(24-15)16-5-7-17(27-4)8-6-16;/h5-11,14H,12-13H2,1-4H3,(H2,21,22,23);1H. The van der Waals surface area contributed by atoms with Gasteiger partial charge in [-0.1, -0.05) is 19.0 Å². The number of aromatic nitrogens is 3. The number of nitrogens with zero attached hydrogens (tertiary/aromatic N) is 4. The van der Waals surface area contributed by atoms with Crippen molar-refractivity contribution in [1.29, 1.82) is 0 Å². The Kier molecular flexibility index (Phi) is 8.50. The van der Waals surface area contributed by atoms with Gasteiger partial charge >= 0.3 is 0 Å². The Hall–Kier alpha value is -2.56. The maximum absolute atomic E-state index is 5.33. The smallest absolute Gasteiger partial charge is 0.191 e. The number of nitrogens with one attached hydrogen (secondary N) is 2. The van der Waals surface area contributed by atoms with Crippen LogP contribution >= 0.6 is 24.0 Å². The van der Waals surface area contributed by atoms with Gasteiger partial charge in [-0.15, -0.1) is 24.0 Å². The first-order chi connectivity index (χ1) is 13.6. The van der Waals surface area contributed by atoms with E-state index in [9.17, 15) is 0 Å². The molecule has 2 N–H and O–H groups in total. The first kappa shape index (κ1) is 22.7. The molecule has 9 heteroatoms. The summed E-state index contributed by atoms with van der Waals surface area (Å²) in [6.07, 6.45) is 1.93. The van der Waals surface area contributed by atoms with Crippen LogP contribution in [0.25, 0.3) is 5.69 Å². The molecule has 2 heterocycles. The summed E-state index contributed by atoms with van der Waals surface area (Å²) in [6.45, 7) is 5.23. The first-order valence-electron chi connectivity index (χ1n) is 9.18. The van der Waals surface area contributed by atoms with E-state index in [4.69, 9.17) is 9.26 Å². The third kappa shape index (κ3) is 6.21. The summed E-state index contributed by atoms with van der Waals surface area (Å²) in [6, 6.07) is 11.7. The van der Waals surface area contributed by atoms with Crippen molar-refractivity contribution >= 4 is 29.9 Å². The molecule has 0 unspecified atom stereocenters. The molecule has 0 saturated heterocycles. The number of hydrogen-bond acceptors (Lipinski definition) is 5. The molecule has 0 spiro atoms. The summed E-state index contributed by atoms with van der Waals surface area (Å²) in [5, 5.41) is 15.1. The Bertz CT molecular complexity index is 917. The molecule has 1 aromatic carbocycles. The van der Waals surface area contributed by atoms with E-state index >= 15 is 0 Å². The summed E-state index contributed by atoms with van der Waals surface area (Å²) < 4.78 is 12.3. The lowest BCUT2D eigenvalue weighted by Gasteiger charge is -2.09. The van der Waals surface area contributed by atoms with Crippen LogP contribution in [0.2, 0.25) is 0 Å². The quantitative estimate of drug-likeness (QED) is 0.288. The highest BCUT2D eigenvalue weighted by atomic mass is 127. The third-order valence-corrected chi connectivity index (χ3v) is 4.24. The summed E-state index contributed by atoms with van der Waals surface area (Å²) in [7, 11) is 3.38. The fourth-order valence-corrected chi connectivity index (χ4v) is 2.58. The zero-order valence-corrected chi connectivity index (χ0v) is 19.4. The van der Waals surface area contributed by atoms with Crippen LogP contribution in [0.1, 0.15) is 36.9 Å². The Morgan fingerprint density at radius 2 is 1.90 bits per heavy atom. The van der Waals surface area contributed by atoms with Crippen LogP contribution in [0.5, 0.6) is 5.75 Å². The Morgan fingerprint density at radius 3 is 2.52 bits per heavy atom. The molecule has 0 aliphatic rings. The van der Waals surface area contributed by atoms with Gasteiger partial charge in [0.15, 0.2) is 11.7 Å². The van der Waals surface area contributed by atoms with Crippen molar-refractivity contribution < 1.29 is 9.26 Å². The number of halogens is 1. The Balaban J connectivity index is 0.00000300. The molecule has 3 aromatic rings. The number of aliphatic imine (C=N–C) groups is 1. The average Bonchev–Trinajstić information content (AvgIpc) is 3.38. The highest BCUT2D eigenvalue weighted by Gasteiger charge is 2.08. The van der Waals surface area contributed by atoms with Gasteiger partial charge in [0.25, 0.3) is 0 Å². The lowest BCUT2D eigenvalue weighted by molar-refractivity contribution is 0.372. The van der Waals surface area contributed by atoms with E-state index in [2.05, 4.69) is 39.7 Å². The van der Waals surface area contributed by atoms with Crippen LogP contribution in [0, 0.1) is 0 Å². The highest BCUT2D eigenvalue weighted by molar-refractivity contribution is 14.0. The summed E-state index contributed by atoms with van der Waals surface area (Å²) in [5.41, 5.74) is 2.82. The highest BCUT2D eigenvalue weighted by Crippen LogP contribution is 2.15. The molecule has 0 radical (unpaired) electrons. The Morgan fingerprint density at radius 1 is 1.17 bits per heavy atom. The predicted molar refractivity (Wildman–Crippen MR) is 123 cm³/mol. The molecule has 0 saturated carbocycles. The fourth-order valence-electron chi connectivity index (χ4n) is 2.58. The van der Waals surface area contributed by atoms with Crippen LogP contribution < -0.4 is 15.4 Å². The van der Waals surface area contributed by atoms with Gasteiger partial charge in [-0.2, -0.15) is 5.10 Å². The number of benzene rings is 1. The van der Waals surface area contributed by atoms with Crippen molar-refractivity contribution in [2.24, 2.45) is 4.99 Å². The van der Waals surface area contributed by atoms with E-state index in [0.717, 1.165) is 28.6 Å². The first-order valence-corrected chi connectivity index (χ1v) is 9.18. The minimum atomic E-state index is 0. The molecule has 0 bridgehead atoms. The van der Waals surface area contributed by atoms with Crippen molar-refractivity contribution in [3.05, 3.63) is 59.7 Å². The summed E-state index contributed by atoms with van der Waals surface area (Å²) >= 11 is 0. The molecule has 29 heavy (non-hydrogen) atoms. The molecule has 0 aliphatic heterocycles. The van der Waals surface area contributed by atoms with Crippen LogP contribution in [-0.4, -0.2) is 35.1 Å². The van der Waals surface area contributed by atoms with Crippen molar-refractivity contribution in [2.75, 3.05) is 14.2 Å².